The van der Waals surface area contributed by atoms with Gasteiger partial charge in [-0.25, -0.2) is 4.39 Å². The smallest absolute Gasteiger partial charge is 0.418 e. The Morgan fingerprint density at radius 1 is 1.00 bits per heavy atom. The summed E-state index contributed by atoms with van der Waals surface area (Å²) in [5.41, 5.74) is -1.77. The minimum absolute atomic E-state index is 0.407. The number of hydrogen-bond donors (Lipinski definition) is 1. The van der Waals surface area contributed by atoms with Gasteiger partial charge in [-0.3, -0.25) is 9.59 Å². The third-order valence-electron chi connectivity index (χ3n) is 5.09. The average Bonchev–Trinajstić information content (AvgIpc) is 3.17. The van der Waals surface area contributed by atoms with Gasteiger partial charge in [0.1, 0.15) is 5.82 Å². The van der Waals surface area contributed by atoms with Crippen LogP contribution in [-0.4, -0.2) is 18.5 Å². The number of alkyl halides is 3. The number of carbonyl (C=O) groups is 2. The summed E-state index contributed by atoms with van der Waals surface area (Å²) in [6, 6.07) is 10.1. The van der Waals surface area contributed by atoms with Gasteiger partial charge >= 0.3 is 12.1 Å². The molecule has 1 fully saturated rings. The molecule has 1 saturated carbocycles. The molecule has 1 amide bonds. The van der Waals surface area contributed by atoms with Crippen molar-refractivity contribution in [2.45, 2.75) is 37.3 Å². The first-order valence-electron chi connectivity index (χ1n) is 9.12. The number of benzene rings is 2. The Balaban J connectivity index is 1.68. The van der Waals surface area contributed by atoms with E-state index in [2.05, 4.69) is 5.32 Å². The molecule has 0 radical (unpaired) electrons. The molecule has 3 rings (SSSR count). The molecule has 2 aromatic rings. The van der Waals surface area contributed by atoms with Gasteiger partial charge in [0.05, 0.1) is 16.7 Å². The molecule has 0 heterocycles. The normalized spacial score (nSPS) is 15.7. The zero-order valence-corrected chi connectivity index (χ0v) is 15.4. The van der Waals surface area contributed by atoms with Gasteiger partial charge in [0, 0.05) is 0 Å². The van der Waals surface area contributed by atoms with Gasteiger partial charge < -0.3 is 10.1 Å². The van der Waals surface area contributed by atoms with Crippen LogP contribution in [-0.2, 0) is 25.9 Å². The lowest BCUT2D eigenvalue weighted by Gasteiger charge is -2.27. The maximum Gasteiger partial charge on any atom is 0.418 e. The molecule has 0 saturated heterocycles. The van der Waals surface area contributed by atoms with Crippen molar-refractivity contribution in [2.24, 2.45) is 0 Å². The highest BCUT2D eigenvalue weighted by atomic mass is 19.4. The number of hydrogen-bond acceptors (Lipinski definition) is 3. The van der Waals surface area contributed by atoms with Gasteiger partial charge in [0.25, 0.3) is 5.91 Å². The van der Waals surface area contributed by atoms with Crippen LogP contribution in [0.5, 0.6) is 0 Å². The molecule has 4 nitrogen and oxygen atoms in total. The summed E-state index contributed by atoms with van der Waals surface area (Å²) in [6.07, 6.45) is -2.09. The summed E-state index contributed by atoms with van der Waals surface area (Å²) in [4.78, 5) is 24.9. The van der Waals surface area contributed by atoms with Crippen LogP contribution in [0.4, 0.5) is 23.2 Å². The number of ether oxygens (including phenoxy) is 1. The van der Waals surface area contributed by atoms with Crippen LogP contribution >= 0.6 is 0 Å². The van der Waals surface area contributed by atoms with Crippen LogP contribution in [0.3, 0.4) is 0 Å². The van der Waals surface area contributed by atoms with E-state index in [4.69, 9.17) is 4.74 Å². The summed E-state index contributed by atoms with van der Waals surface area (Å²) < 4.78 is 57.4. The first-order chi connectivity index (χ1) is 13.7. The number of rotatable bonds is 5. The monoisotopic (exact) mass is 409 g/mol. The van der Waals surface area contributed by atoms with E-state index < -0.39 is 47.1 Å². The van der Waals surface area contributed by atoms with Crippen LogP contribution in [0.1, 0.15) is 36.8 Å². The first kappa shape index (κ1) is 20.8. The molecule has 8 heteroatoms. The van der Waals surface area contributed by atoms with Gasteiger partial charge in [0.2, 0.25) is 0 Å². The number of halogens is 4. The van der Waals surface area contributed by atoms with E-state index in [0.29, 0.717) is 18.4 Å². The lowest BCUT2D eigenvalue weighted by Crippen LogP contribution is -2.36. The van der Waals surface area contributed by atoms with E-state index in [1.165, 1.54) is 36.4 Å². The maximum absolute atomic E-state index is 13.2. The van der Waals surface area contributed by atoms with Crippen LogP contribution < -0.4 is 5.32 Å². The molecule has 0 aliphatic heterocycles. The topological polar surface area (TPSA) is 55.4 Å². The quantitative estimate of drug-likeness (QED) is 0.568. The van der Waals surface area contributed by atoms with Gasteiger partial charge in [0.15, 0.2) is 6.61 Å². The van der Waals surface area contributed by atoms with Crippen molar-refractivity contribution in [3.8, 4) is 0 Å². The molecule has 29 heavy (non-hydrogen) atoms. The Morgan fingerprint density at radius 3 is 2.24 bits per heavy atom. The summed E-state index contributed by atoms with van der Waals surface area (Å²) >= 11 is 0. The summed E-state index contributed by atoms with van der Waals surface area (Å²) in [5.74, 6) is -1.94. The molecule has 0 bridgehead atoms. The highest BCUT2D eigenvalue weighted by Gasteiger charge is 2.44. The lowest BCUT2D eigenvalue weighted by atomic mass is 9.79. The van der Waals surface area contributed by atoms with E-state index in [9.17, 15) is 27.2 Å². The molecule has 0 unspecified atom stereocenters. The molecule has 1 N–H and O–H groups in total. The van der Waals surface area contributed by atoms with Crippen LogP contribution in [0.25, 0.3) is 0 Å². The Labute approximate surface area is 164 Å². The van der Waals surface area contributed by atoms with Gasteiger partial charge in [-0.1, -0.05) is 37.1 Å². The van der Waals surface area contributed by atoms with E-state index in [1.54, 1.807) is 0 Å². The summed E-state index contributed by atoms with van der Waals surface area (Å²) in [6.45, 7) is -0.714. The van der Waals surface area contributed by atoms with E-state index in [0.717, 1.165) is 25.0 Å². The van der Waals surface area contributed by atoms with Gasteiger partial charge in [-0.15, -0.1) is 0 Å². The number of nitrogens with one attached hydrogen (secondary N) is 1. The van der Waals surface area contributed by atoms with Crippen LogP contribution in [0.15, 0.2) is 48.5 Å². The number of anilines is 1. The lowest BCUT2D eigenvalue weighted by molar-refractivity contribution is -0.153. The average molecular weight is 409 g/mol. The summed E-state index contributed by atoms with van der Waals surface area (Å²) in [5, 5.41) is 2.14. The fourth-order valence-corrected chi connectivity index (χ4v) is 3.65. The van der Waals surface area contributed by atoms with Crippen molar-refractivity contribution >= 4 is 17.6 Å². The second kappa shape index (κ2) is 8.23. The number of para-hydroxylation sites is 1. The molecule has 0 aromatic heterocycles. The summed E-state index contributed by atoms with van der Waals surface area (Å²) in [7, 11) is 0. The fourth-order valence-electron chi connectivity index (χ4n) is 3.65. The number of amides is 1. The van der Waals surface area contributed by atoms with E-state index in [1.807, 2.05) is 0 Å². The van der Waals surface area contributed by atoms with Gasteiger partial charge in [-0.2, -0.15) is 13.2 Å². The predicted molar refractivity (Wildman–Crippen MR) is 97.6 cm³/mol. The highest BCUT2D eigenvalue weighted by Crippen LogP contribution is 2.42. The third kappa shape index (κ3) is 4.58. The molecular weight excluding hydrogens is 390 g/mol. The standard InChI is InChI=1S/C21H19F4NO3/c22-15-9-7-14(8-10-15)20(11-3-4-12-20)19(28)29-13-18(27)26-17-6-2-1-5-16(17)21(23,24)25/h1-2,5-10H,3-4,11-13H2,(H,26,27). The zero-order valence-electron chi connectivity index (χ0n) is 15.4. The molecular formula is C21H19F4NO3. The largest absolute Gasteiger partial charge is 0.455 e. The van der Waals surface area contributed by atoms with Crippen LogP contribution in [0, 0.1) is 5.82 Å². The fraction of sp³-hybridized carbons (Fsp3) is 0.333. The Hall–Kier alpha value is -2.90. The zero-order chi connectivity index (χ0) is 21.1. The molecule has 1 aliphatic carbocycles. The Kier molecular flexibility index (Phi) is 5.91. The van der Waals surface area contributed by atoms with Crippen LogP contribution in [0.2, 0.25) is 0 Å². The number of carbonyl (C=O) groups excluding carboxylic acids is 2. The van der Waals surface area contributed by atoms with Crippen molar-refractivity contribution in [1.82, 2.24) is 0 Å². The number of esters is 1. The Bertz CT molecular complexity index is 888. The van der Waals surface area contributed by atoms with E-state index >= 15 is 0 Å². The predicted octanol–water partition coefficient (Wildman–Crippen LogP) is 4.84. The molecule has 2 aromatic carbocycles. The second-order valence-corrected chi connectivity index (χ2v) is 6.96. The van der Waals surface area contributed by atoms with Crippen molar-refractivity contribution in [1.29, 1.82) is 0 Å². The van der Waals surface area contributed by atoms with Crippen molar-refractivity contribution < 1.29 is 31.9 Å². The third-order valence-corrected chi connectivity index (χ3v) is 5.09. The van der Waals surface area contributed by atoms with E-state index in [-0.39, 0.29) is 0 Å². The minimum Gasteiger partial charge on any atom is -0.455 e. The SMILES string of the molecule is O=C(COC(=O)C1(c2ccc(F)cc2)CCCC1)Nc1ccccc1C(F)(F)F. The van der Waals surface area contributed by atoms with Crippen molar-refractivity contribution in [3.63, 3.8) is 0 Å². The molecule has 0 atom stereocenters. The molecule has 154 valence electrons. The first-order valence-corrected chi connectivity index (χ1v) is 9.12. The second-order valence-electron chi connectivity index (χ2n) is 6.96. The Morgan fingerprint density at radius 2 is 1.62 bits per heavy atom. The minimum atomic E-state index is -4.63. The molecule has 1 aliphatic rings. The van der Waals surface area contributed by atoms with Gasteiger partial charge in [-0.05, 0) is 42.7 Å². The van der Waals surface area contributed by atoms with Crippen molar-refractivity contribution in [2.75, 3.05) is 11.9 Å². The van der Waals surface area contributed by atoms with Crippen molar-refractivity contribution in [3.05, 3.63) is 65.5 Å². The molecule has 0 spiro atoms. The maximum atomic E-state index is 13.2. The highest BCUT2D eigenvalue weighted by molar-refractivity contribution is 5.94.